The summed E-state index contributed by atoms with van der Waals surface area (Å²) in [4.78, 5) is 21.9. The van der Waals surface area contributed by atoms with Crippen molar-refractivity contribution in [3.63, 3.8) is 0 Å². The molecular formula is C19H20N2O6S. The molecule has 8 nitrogen and oxygen atoms in total. The van der Waals surface area contributed by atoms with Gasteiger partial charge in [-0.2, -0.15) is 0 Å². The molecule has 3 rings (SSSR count). The number of methoxy groups -OCH3 is 1. The maximum Gasteiger partial charge on any atom is 0.321 e. The Balaban J connectivity index is 1.81. The molecule has 2 aromatic carbocycles. The zero-order valence-corrected chi connectivity index (χ0v) is 16.2. The van der Waals surface area contributed by atoms with Gasteiger partial charge in [0, 0.05) is 17.4 Å². The molecule has 2 N–H and O–H groups in total. The molecule has 148 valence electrons. The van der Waals surface area contributed by atoms with E-state index in [0.29, 0.717) is 11.5 Å². The van der Waals surface area contributed by atoms with Crippen LogP contribution >= 0.6 is 11.8 Å². The van der Waals surface area contributed by atoms with Crippen molar-refractivity contribution < 1.29 is 24.3 Å². The Bertz CT molecular complexity index is 904. The molecule has 1 saturated heterocycles. The lowest BCUT2D eigenvalue weighted by Crippen LogP contribution is -2.33. The third kappa shape index (κ3) is 4.37. The van der Waals surface area contributed by atoms with Crippen molar-refractivity contribution in [1.82, 2.24) is 5.32 Å². The molecule has 2 aromatic rings. The van der Waals surface area contributed by atoms with Crippen LogP contribution in [0.15, 0.2) is 36.4 Å². The predicted octanol–water partition coefficient (Wildman–Crippen LogP) is 3.28. The van der Waals surface area contributed by atoms with Crippen molar-refractivity contribution in [3.8, 4) is 11.5 Å². The van der Waals surface area contributed by atoms with Gasteiger partial charge < -0.3 is 14.6 Å². The van der Waals surface area contributed by atoms with Crippen molar-refractivity contribution in [1.29, 1.82) is 0 Å². The minimum atomic E-state index is -0.876. The summed E-state index contributed by atoms with van der Waals surface area (Å²) >= 11 is 1.51. The molecule has 1 heterocycles. The molecule has 9 heteroatoms. The van der Waals surface area contributed by atoms with Gasteiger partial charge in [-0.25, -0.2) is 0 Å². The van der Waals surface area contributed by atoms with E-state index in [-0.39, 0.29) is 23.4 Å². The van der Waals surface area contributed by atoms with Crippen LogP contribution in [0.3, 0.4) is 0 Å². The number of nitro benzene ring substituents is 1. The van der Waals surface area contributed by atoms with Crippen LogP contribution in [0.4, 0.5) is 5.69 Å². The zero-order chi connectivity index (χ0) is 20.3. The monoisotopic (exact) mass is 404 g/mol. The van der Waals surface area contributed by atoms with Crippen LogP contribution in [0.2, 0.25) is 0 Å². The highest BCUT2D eigenvalue weighted by Gasteiger charge is 2.30. The van der Waals surface area contributed by atoms with Gasteiger partial charge in [-0.3, -0.25) is 20.2 Å². The lowest BCUT2D eigenvalue weighted by Gasteiger charge is -2.16. The van der Waals surface area contributed by atoms with Crippen LogP contribution in [0.1, 0.15) is 22.1 Å². The average molecular weight is 404 g/mol. The van der Waals surface area contributed by atoms with Gasteiger partial charge in [0.05, 0.1) is 17.4 Å². The van der Waals surface area contributed by atoms with E-state index in [2.05, 4.69) is 5.32 Å². The molecule has 0 aliphatic carbocycles. The minimum Gasteiger partial charge on any atom is -0.496 e. The lowest BCUT2D eigenvalue weighted by atomic mass is 10.1. The number of thioether (sulfide) groups is 1. The summed E-state index contributed by atoms with van der Waals surface area (Å²) in [7, 11) is 1.54. The quantitative estimate of drug-likeness (QED) is 0.534. The van der Waals surface area contributed by atoms with Crippen LogP contribution in [0.5, 0.6) is 11.5 Å². The van der Waals surface area contributed by atoms with Crippen molar-refractivity contribution in [2.24, 2.45) is 0 Å². The van der Waals surface area contributed by atoms with Gasteiger partial charge in [0.25, 0.3) is 0 Å². The van der Waals surface area contributed by atoms with E-state index in [0.717, 1.165) is 16.7 Å². The maximum absolute atomic E-state index is 11.2. The number of carbonyl (C=O) groups is 1. The third-order valence-electron chi connectivity index (χ3n) is 4.38. The first-order valence-corrected chi connectivity index (χ1v) is 9.59. The third-order valence-corrected chi connectivity index (χ3v) is 5.65. The van der Waals surface area contributed by atoms with E-state index in [1.807, 2.05) is 19.1 Å². The van der Waals surface area contributed by atoms with Crippen LogP contribution in [-0.4, -0.2) is 34.9 Å². The van der Waals surface area contributed by atoms with Gasteiger partial charge >= 0.3 is 11.7 Å². The van der Waals surface area contributed by atoms with E-state index < -0.39 is 16.9 Å². The summed E-state index contributed by atoms with van der Waals surface area (Å²) in [6.07, 6.45) is 0. The van der Waals surface area contributed by atoms with E-state index in [4.69, 9.17) is 14.6 Å². The first kappa shape index (κ1) is 20.0. The Hall–Kier alpha value is -2.78. The number of nitrogens with zero attached hydrogens (tertiary/aromatic N) is 1. The highest BCUT2D eigenvalue weighted by Crippen LogP contribution is 2.36. The largest absolute Gasteiger partial charge is 0.496 e. The summed E-state index contributed by atoms with van der Waals surface area (Å²) < 4.78 is 11.1. The normalized spacial score (nSPS) is 18.6. The Morgan fingerprint density at radius 1 is 1.32 bits per heavy atom. The summed E-state index contributed by atoms with van der Waals surface area (Å²) in [5.74, 6) is 0.389. The fraction of sp³-hybridized carbons (Fsp3) is 0.316. The minimum absolute atomic E-state index is 0.0844. The number of rotatable bonds is 7. The van der Waals surface area contributed by atoms with Crippen molar-refractivity contribution in [3.05, 3.63) is 63.2 Å². The smallest absolute Gasteiger partial charge is 0.321 e. The van der Waals surface area contributed by atoms with E-state index >= 15 is 0 Å². The number of benzene rings is 2. The average Bonchev–Trinajstić information content (AvgIpc) is 3.16. The molecule has 0 spiro atoms. The van der Waals surface area contributed by atoms with Crippen LogP contribution in [0.25, 0.3) is 0 Å². The summed E-state index contributed by atoms with van der Waals surface area (Å²) in [6, 6.07) is 9.64. The molecule has 28 heavy (non-hydrogen) atoms. The van der Waals surface area contributed by atoms with Gasteiger partial charge in [0.2, 0.25) is 0 Å². The second kappa shape index (κ2) is 8.49. The SMILES string of the molecule is COc1ccc([C@H]2N[C@H](C(=O)O)CS2)cc1COc1cc(C)ccc1[N+](=O)[O-]. The number of aliphatic carboxylic acids is 1. The van der Waals surface area contributed by atoms with Crippen LogP contribution < -0.4 is 14.8 Å². The van der Waals surface area contributed by atoms with E-state index in [1.165, 1.54) is 24.9 Å². The van der Waals surface area contributed by atoms with Gasteiger partial charge in [0.1, 0.15) is 18.4 Å². The van der Waals surface area contributed by atoms with Crippen LogP contribution in [-0.2, 0) is 11.4 Å². The molecule has 0 aromatic heterocycles. The van der Waals surface area contributed by atoms with Gasteiger partial charge in [-0.1, -0.05) is 12.1 Å². The Morgan fingerprint density at radius 2 is 2.11 bits per heavy atom. The number of nitro groups is 1. The number of aryl methyl sites for hydroxylation is 1. The standard InChI is InChI=1S/C19H20N2O6S/c1-11-3-5-15(21(24)25)17(7-11)27-9-13-8-12(4-6-16(13)26-2)18-20-14(10-28-18)19(22)23/h3-8,14,18,20H,9-10H2,1-2H3,(H,22,23)/t14-,18-/m0/s1. The zero-order valence-electron chi connectivity index (χ0n) is 15.4. The predicted molar refractivity (Wildman–Crippen MR) is 105 cm³/mol. The van der Waals surface area contributed by atoms with Gasteiger partial charge in [0.15, 0.2) is 5.75 Å². The number of hydrogen-bond donors (Lipinski definition) is 2. The topological polar surface area (TPSA) is 111 Å². The van der Waals surface area contributed by atoms with Crippen molar-refractivity contribution in [2.45, 2.75) is 24.9 Å². The number of carboxylic acid groups (broad SMARTS) is 1. The number of ether oxygens (including phenoxy) is 2. The van der Waals surface area contributed by atoms with Crippen LogP contribution in [0, 0.1) is 17.0 Å². The fourth-order valence-corrected chi connectivity index (χ4v) is 4.15. The molecular weight excluding hydrogens is 384 g/mol. The molecule has 0 amide bonds. The molecule has 1 aliphatic heterocycles. The second-order valence-electron chi connectivity index (χ2n) is 6.36. The summed E-state index contributed by atoms with van der Waals surface area (Å²) in [5, 5.41) is 23.3. The molecule has 2 atom stereocenters. The highest BCUT2D eigenvalue weighted by molar-refractivity contribution is 7.99. The van der Waals surface area contributed by atoms with Gasteiger partial charge in [-0.15, -0.1) is 11.8 Å². The van der Waals surface area contributed by atoms with Crippen molar-refractivity contribution in [2.75, 3.05) is 12.9 Å². The maximum atomic E-state index is 11.2. The Kier molecular flexibility index (Phi) is 6.05. The molecule has 0 unspecified atom stereocenters. The highest BCUT2D eigenvalue weighted by atomic mass is 32.2. The number of carboxylic acids is 1. The summed E-state index contributed by atoms with van der Waals surface area (Å²) in [5.41, 5.74) is 2.37. The van der Waals surface area contributed by atoms with E-state index in [1.54, 1.807) is 18.2 Å². The van der Waals surface area contributed by atoms with E-state index in [9.17, 15) is 14.9 Å². The number of hydrogen-bond acceptors (Lipinski definition) is 7. The fourth-order valence-electron chi connectivity index (χ4n) is 2.92. The summed E-state index contributed by atoms with van der Waals surface area (Å²) in [6.45, 7) is 1.92. The first-order chi connectivity index (χ1) is 13.4. The Labute approximate surface area is 166 Å². The molecule has 0 saturated carbocycles. The molecule has 1 aliphatic rings. The number of nitrogens with one attached hydrogen (secondary N) is 1. The first-order valence-electron chi connectivity index (χ1n) is 8.54. The van der Waals surface area contributed by atoms with Crippen molar-refractivity contribution >= 4 is 23.4 Å². The molecule has 1 fully saturated rings. The molecule has 0 bridgehead atoms. The van der Waals surface area contributed by atoms with Gasteiger partial charge in [-0.05, 0) is 36.2 Å². The second-order valence-corrected chi connectivity index (χ2v) is 7.50. The molecule has 0 radical (unpaired) electrons. The Morgan fingerprint density at radius 3 is 2.75 bits per heavy atom. The lowest BCUT2D eigenvalue weighted by molar-refractivity contribution is -0.386.